The molecule has 2 aromatic carbocycles. The zero-order chi connectivity index (χ0) is 15.4. The molecule has 0 spiro atoms. The van der Waals surface area contributed by atoms with Gasteiger partial charge in [-0.25, -0.2) is 0 Å². The molecule has 1 aliphatic rings. The molecule has 3 rings (SSSR count). The van der Waals surface area contributed by atoms with Crippen molar-refractivity contribution in [1.82, 2.24) is 4.90 Å². The van der Waals surface area contributed by atoms with Crippen molar-refractivity contribution in [2.75, 3.05) is 19.7 Å². The van der Waals surface area contributed by atoms with Crippen molar-refractivity contribution in [3.8, 4) is 0 Å². The molecule has 116 valence electrons. The smallest absolute Gasteiger partial charge is 0.0917 e. The Morgan fingerprint density at radius 1 is 1.05 bits per heavy atom. The van der Waals surface area contributed by atoms with Gasteiger partial charge >= 0.3 is 0 Å². The lowest BCUT2D eigenvalue weighted by Crippen LogP contribution is -2.34. The molecule has 3 heteroatoms. The second kappa shape index (κ2) is 7.05. The standard InChI is InChI=1S/C19H23NO2/c21-13-12-20(14-19(22)16-7-2-1-3-8-16)18-11-10-15-6-4-5-9-17(15)18/h1-9,18-19,21-22H,10-14H2/t18-,19-/m1/s1. The van der Waals surface area contributed by atoms with E-state index in [4.69, 9.17) is 0 Å². The molecule has 0 aromatic heterocycles. The van der Waals surface area contributed by atoms with Crippen molar-refractivity contribution >= 4 is 0 Å². The fourth-order valence-corrected chi connectivity index (χ4v) is 3.42. The minimum atomic E-state index is -0.527. The van der Waals surface area contributed by atoms with Gasteiger partial charge in [-0.2, -0.15) is 0 Å². The van der Waals surface area contributed by atoms with Crippen molar-refractivity contribution < 1.29 is 10.2 Å². The van der Waals surface area contributed by atoms with Crippen LogP contribution in [0.15, 0.2) is 54.6 Å². The van der Waals surface area contributed by atoms with Crippen LogP contribution in [0.5, 0.6) is 0 Å². The number of aliphatic hydroxyl groups excluding tert-OH is 2. The number of aliphatic hydroxyl groups is 2. The van der Waals surface area contributed by atoms with Crippen molar-refractivity contribution in [2.24, 2.45) is 0 Å². The van der Waals surface area contributed by atoms with E-state index < -0.39 is 6.10 Å². The highest BCUT2D eigenvalue weighted by molar-refractivity contribution is 5.34. The van der Waals surface area contributed by atoms with Gasteiger partial charge in [0.25, 0.3) is 0 Å². The van der Waals surface area contributed by atoms with Crippen molar-refractivity contribution in [1.29, 1.82) is 0 Å². The first-order valence-corrected chi connectivity index (χ1v) is 7.95. The van der Waals surface area contributed by atoms with Crippen molar-refractivity contribution in [3.63, 3.8) is 0 Å². The highest BCUT2D eigenvalue weighted by atomic mass is 16.3. The first-order chi connectivity index (χ1) is 10.8. The zero-order valence-electron chi connectivity index (χ0n) is 12.7. The molecule has 0 heterocycles. The van der Waals surface area contributed by atoms with Gasteiger partial charge in [-0.05, 0) is 29.5 Å². The number of hydrogen-bond donors (Lipinski definition) is 2. The molecule has 2 N–H and O–H groups in total. The number of benzene rings is 2. The molecule has 0 bridgehead atoms. The van der Waals surface area contributed by atoms with E-state index in [0.29, 0.717) is 19.1 Å². The molecule has 0 unspecified atom stereocenters. The van der Waals surface area contributed by atoms with E-state index in [-0.39, 0.29) is 6.61 Å². The minimum absolute atomic E-state index is 0.111. The maximum atomic E-state index is 10.5. The highest BCUT2D eigenvalue weighted by Gasteiger charge is 2.28. The maximum absolute atomic E-state index is 10.5. The van der Waals surface area contributed by atoms with Gasteiger partial charge in [0.2, 0.25) is 0 Å². The number of fused-ring (bicyclic) bond motifs is 1. The Morgan fingerprint density at radius 2 is 1.77 bits per heavy atom. The van der Waals surface area contributed by atoms with Crippen LogP contribution >= 0.6 is 0 Å². The quantitative estimate of drug-likeness (QED) is 0.861. The molecule has 0 aliphatic heterocycles. The molecule has 2 atom stereocenters. The summed E-state index contributed by atoms with van der Waals surface area (Å²) < 4.78 is 0. The Morgan fingerprint density at radius 3 is 2.55 bits per heavy atom. The summed E-state index contributed by atoms with van der Waals surface area (Å²) >= 11 is 0. The zero-order valence-corrected chi connectivity index (χ0v) is 12.7. The lowest BCUT2D eigenvalue weighted by atomic mass is 10.0. The Kier molecular flexibility index (Phi) is 4.88. The topological polar surface area (TPSA) is 43.7 Å². The van der Waals surface area contributed by atoms with Gasteiger partial charge in [-0.3, -0.25) is 4.90 Å². The summed E-state index contributed by atoms with van der Waals surface area (Å²) in [7, 11) is 0. The van der Waals surface area contributed by atoms with E-state index in [1.165, 1.54) is 11.1 Å². The number of rotatable bonds is 6. The summed E-state index contributed by atoms with van der Waals surface area (Å²) in [5, 5.41) is 19.9. The molecular formula is C19H23NO2. The molecular weight excluding hydrogens is 274 g/mol. The number of hydrogen-bond acceptors (Lipinski definition) is 3. The monoisotopic (exact) mass is 297 g/mol. The second-order valence-electron chi connectivity index (χ2n) is 5.90. The Balaban J connectivity index is 1.76. The van der Waals surface area contributed by atoms with Crippen LogP contribution in [0, 0.1) is 0 Å². The third-order valence-corrected chi connectivity index (χ3v) is 4.52. The van der Waals surface area contributed by atoms with Crippen LogP contribution < -0.4 is 0 Å². The Labute approximate surface area is 131 Å². The molecule has 22 heavy (non-hydrogen) atoms. The summed E-state index contributed by atoms with van der Waals surface area (Å²) in [6, 6.07) is 18.5. The molecule has 0 saturated heterocycles. The lowest BCUT2D eigenvalue weighted by molar-refractivity contribution is 0.0725. The molecule has 1 aliphatic carbocycles. The summed E-state index contributed by atoms with van der Waals surface area (Å²) in [6.07, 6.45) is 1.60. The van der Waals surface area contributed by atoms with Gasteiger partial charge in [0.05, 0.1) is 12.7 Å². The van der Waals surface area contributed by atoms with Crippen LogP contribution in [0.3, 0.4) is 0 Å². The van der Waals surface area contributed by atoms with E-state index in [9.17, 15) is 10.2 Å². The van der Waals surface area contributed by atoms with Crippen LogP contribution in [0.1, 0.15) is 35.3 Å². The van der Waals surface area contributed by atoms with Gasteiger partial charge in [0, 0.05) is 19.1 Å². The molecule has 0 saturated carbocycles. The third-order valence-electron chi connectivity index (χ3n) is 4.52. The van der Waals surface area contributed by atoms with E-state index >= 15 is 0 Å². The van der Waals surface area contributed by atoms with Gasteiger partial charge in [0.1, 0.15) is 0 Å². The Bertz CT molecular complexity index is 599. The van der Waals surface area contributed by atoms with E-state index in [1.807, 2.05) is 30.3 Å². The lowest BCUT2D eigenvalue weighted by Gasteiger charge is -2.31. The third kappa shape index (κ3) is 3.22. The van der Waals surface area contributed by atoms with Crippen LogP contribution in [0.2, 0.25) is 0 Å². The number of aryl methyl sites for hydroxylation is 1. The predicted octanol–water partition coefficient (Wildman–Crippen LogP) is 2.70. The number of nitrogens with zero attached hydrogens (tertiary/aromatic N) is 1. The molecule has 0 amide bonds. The summed E-state index contributed by atoms with van der Waals surface area (Å²) in [5.74, 6) is 0. The average molecular weight is 297 g/mol. The SMILES string of the molecule is OCCN(C[C@@H](O)c1ccccc1)[C@@H]1CCc2ccccc21. The predicted molar refractivity (Wildman–Crippen MR) is 87.6 cm³/mol. The van der Waals surface area contributed by atoms with Crippen molar-refractivity contribution in [2.45, 2.75) is 25.0 Å². The normalized spacial score (nSPS) is 18.4. The first-order valence-electron chi connectivity index (χ1n) is 7.95. The summed E-state index contributed by atoms with van der Waals surface area (Å²) in [6.45, 7) is 1.24. The van der Waals surface area contributed by atoms with Crippen LogP contribution in [0.25, 0.3) is 0 Å². The summed E-state index contributed by atoms with van der Waals surface area (Å²) in [5.41, 5.74) is 3.66. The first kappa shape index (κ1) is 15.2. The van der Waals surface area contributed by atoms with Gasteiger partial charge in [0.15, 0.2) is 0 Å². The van der Waals surface area contributed by atoms with E-state index in [0.717, 1.165) is 18.4 Å². The molecule has 0 radical (unpaired) electrons. The van der Waals surface area contributed by atoms with E-state index in [2.05, 4.69) is 29.2 Å². The maximum Gasteiger partial charge on any atom is 0.0917 e. The highest BCUT2D eigenvalue weighted by Crippen LogP contribution is 2.36. The van der Waals surface area contributed by atoms with Gasteiger partial charge in [-0.1, -0.05) is 54.6 Å². The molecule has 0 fully saturated rings. The fraction of sp³-hybridized carbons (Fsp3) is 0.368. The van der Waals surface area contributed by atoms with Crippen LogP contribution in [-0.4, -0.2) is 34.8 Å². The largest absolute Gasteiger partial charge is 0.395 e. The van der Waals surface area contributed by atoms with Crippen LogP contribution in [0.4, 0.5) is 0 Å². The second-order valence-corrected chi connectivity index (χ2v) is 5.90. The van der Waals surface area contributed by atoms with E-state index in [1.54, 1.807) is 0 Å². The average Bonchev–Trinajstić information content (AvgIpc) is 2.99. The summed E-state index contributed by atoms with van der Waals surface area (Å²) in [4.78, 5) is 2.21. The minimum Gasteiger partial charge on any atom is -0.395 e. The van der Waals surface area contributed by atoms with Gasteiger partial charge < -0.3 is 10.2 Å². The Hall–Kier alpha value is -1.68. The molecule has 3 nitrogen and oxygen atoms in total. The van der Waals surface area contributed by atoms with Crippen molar-refractivity contribution in [3.05, 3.63) is 71.3 Å². The molecule has 2 aromatic rings. The van der Waals surface area contributed by atoms with Gasteiger partial charge in [-0.15, -0.1) is 0 Å². The van der Waals surface area contributed by atoms with Crippen LogP contribution in [-0.2, 0) is 6.42 Å². The fourth-order valence-electron chi connectivity index (χ4n) is 3.42.